The highest BCUT2D eigenvalue weighted by Crippen LogP contribution is 2.34. The number of ether oxygens (including phenoxy) is 1. The Balaban J connectivity index is 2.60. The van der Waals surface area contributed by atoms with Gasteiger partial charge in [0.1, 0.15) is 0 Å². The minimum Gasteiger partial charge on any atom is -0.367 e. The Kier molecular flexibility index (Phi) is 4.10. The maximum absolute atomic E-state index is 11.9. The molecule has 0 aliphatic carbocycles. The molecule has 3 atom stereocenters. The summed E-state index contributed by atoms with van der Waals surface area (Å²) in [6, 6.07) is 0. The van der Waals surface area contributed by atoms with Crippen molar-refractivity contribution in [3.8, 4) is 0 Å². The van der Waals surface area contributed by atoms with Gasteiger partial charge in [-0.2, -0.15) is 0 Å². The lowest BCUT2D eigenvalue weighted by Crippen LogP contribution is -2.37. The Morgan fingerprint density at radius 2 is 2.38 bits per heavy atom. The molecule has 0 aromatic heterocycles. The first-order chi connectivity index (χ1) is 7.43. The SMILES string of the molecule is C=C[C@]1(C)CC[C@@H]([C@H](C)C(=O)N(C)OC)O1. The maximum atomic E-state index is 11.9. The first kappa shape index (κ1) is 13.2. The Morgan fingerprint density at radius 3 is 2.81 bits per heavy atom. The molecule has 92 valence electrons. The molecule has 16 heavy (non-hydrogen) atoms. The van der Waals surface area contributed by atoms with Crippen LogP contribution in [-0.2, 0) is 14.4 Å². The molecule has 0 saturated carbocycles. The van der Waals surface area contributed by atoms with Crippen molar-refractivity contribution in [2.45, 2.75) is 38.4 Å². The molecular weight excluding hydrogens is 206 g/mol. The highest BCUT2D eigenvalue weighted by molar-refractivity contribution is 5.77. The average Bonchev–Trinajstić information content (AvgIpc) is 2.69. The quantitative estimate of drug-likeness (QED) is 0.542. The standard InChI is InChI=1S/C12H21NO3/c1-6-12(3)8-7-10(16-12)9(2)11(14)13(4)15-5/h6,9-10H,1,7-8H2,2-5H3/t9-,10-,12+/m0/s1. The normalized spacial score (nSPS) is 31.1. The minimum absolute atomic E-state index is 0.0481. The first-order valence-electron chi connectivity index (χ1n) is 5.56. The largest absolute Gasteiger partial charge is 0.367 e. The Bertz CT molecular complexity index is 279. The van der Waals surface area contributed by atoms with E-state index in [4.69, 9.17) is 9.57 Å². The molecule has 0 aromatic rings. The van der Waals surface area contributed by atoms with Crippen molar-refractivity contribution in [2.75, 3.05) is 14.2 Å². The molecule has 0 unspecified atom stereocenters. The summed E-state index contributed by atoms with van der Waals surface area (Å²) >= 11 is 0. The van der Waals surface area contributed by atoms with Crippen molar-refractivity contribution in [1.82, 2.24) is 5.06 Å². The van der Waals surface area contributed by atoms with Crippen LogP contribution in [0.1, 0.15) is 26.7 Å². The Morgan fingerprint density at radius 1 is 1.75 bits per heavy atom. The van der Waals surface area contributed by atoms with E-state index < -0.39 is 0 Å². The summed E-state index contributed by atoms with van der Waals surface area (Å²) in [5, 5.41) is 1.25. The van der Waals surface area contributed by atoms with Gasteiger partial charge in [-0.3, -0.25) is 9.63 Å². The summed E-state index contributed by atoms with van der Waals surface area (Å²) in [6.45, 7) is 7.63. The van der Waals surface area contributed by atoms with Crippen molar-refractivity contribution in [3.05, 3.63) is 12.7 Å². The predicted octanol–water partition coefficient (Wildman–Crippen LogP) is 1.77. The average molecular weight is 227 g/mol. The second-order valence-corrected chi connectivity index (χ2v) is 4.52. The van der Waals surface area contributed by atoms with Gasteiger partial charge in [0, 0.05) is 7.05 Å². The minimum atomic E-state index is -0.287. The zero-order valence-electron chi connectivity index (χ0n) is 10.5. The molecule has 1 fully saturated rings. The van der Waals surface area contributed by atoms with Gasteiger partial charge in [0.05, 0.1) is 24.7 Å². The van der Waals surface area contributed by atoms with Gasteiger partial charge in [-0.15, -0.1) is 6.58 Å². The van der Waals surface area contributed by atoms with Gasteiger partial charge in [-0.1, -0.05) is 13.0 Å². The first-order valence-corrected chi connectivity index (χ1v) is 5.56. The van der Waals surface area contributed by atoms with Gasteiger partial charge >= 0.3 is 0 Å². The lowest BCUT2D eigenvalue weighted by atomic mass is 9.98. The topological polar surface area (TPSA) is 38.8 Å². The van der Waals surface area contributed by atoms with Crippen LogP contribution in [0.15, 0.2) is 12.7 Å². The smallest absolute Gasteiger partial charge is 0.251 e. The second kappa shape index (κ2) is 4.97. The van der Waals surface area contributed by atoms with Crippen molar-refractivity contribution in [3.63, 3.8) is 0 Å². The maximum Gasteiger partial charge on any atom is 0.251 e. The van der Waals surface area contributed by atoms with Crippen LogP contribution in [0.3, 0.4) is 0 Å². The van der Waals surface area contributed by atoms with Crippen LogP contribution in [0.25, 0.3) is 0 Å². The number of carbonyl (C=O) groups is 1. The van der Waals surface area contributed by atoms with Crippen LogP contribution in [0.5, 0.6) is 0 Å². The summed E-state index contributed by atoms with van der Waals surface area (Å²) in [5.74, 6) is -0.243. The van der Waals surface area contributed by atoms with E-state index in [1.165, 1.54) is 12.2 Å². The third-order valence-electron chi connectivity index (χ3n) is 3.31. The van der Waals surface area contributed by atoms with E-state index in [1.807, 2.05) is 19.9 Å². The molecule has 1 rings (SSSR count). The van der Waals surface area contributed by atoms with Crippen LogP contribution in [0, 0.1) is 5.92 Å². The van der Waals surface area contributed by atoms with Gasteiger partial charge < -0.3 is 4.74 Å². The zero-order chi connectivity index (χ0) is 12.3. The number of rotatable bonds is 4. The fourth-order valence-electron chi connectivity index (χ4n) is 1.93. The summed E-state index contributed by atoms with van der Waals surface area (Å²) in [5.41, 5.74) is -0.287. The fraction of sp³-hybridized carbons (Fsp3) is 0.750. The summed E-state index contributed by atoms with van der Waals surface area (Å²) in [4.78, 5) is 16.7. The molecule has 4 nitrogen and oxygen atoms in total. The molecule has 1 amide bonds. The highest BCUT2D eigenvalue weighted by atomic mass is 16.7. The molecule has 0 bridgehead atoms. The van der Waals surface area contributed by atoms with E-state index in [0.29, 0.717) is 0 Å². The van der Waals surface area contributed by atoms with Gasteiger partial charge in [-0.05, 0) is 19.8 Å². The van der Waals surface area contributed by atoms with Gasteiger partial charge in [0.15, 0.2) is 0 Å². The van der Waals surface area contributed by atoms with Crippen LogP contribution in [0.4, 0.5) is 0 Å². The molecule has 0 radical (unpaired) electrons. The molecular formula is C12H21NO3. The number of hydrogen-bond donors (Lipinski definition) is 0. The molecule has 1 heterocycles. The van der Waals surface area contributed by atoms with E-state index >= 15 is 0 Å². The molecule has 4 heteroatoms. The lowest BCUT2D eigenvalue weighted by Gasteiger charge is -2.25. The second-order valence-electron chi connectivity index (χ2n) is 4.52. The Hall–Kier alpha value is -0.870. The van der Waals surface area contributed by atoms with E-state index in [9.17, 15) is 4.79 Å². The molecule has 1 aliphatic heterocycles. The molecule has 0 spiro atoms. The Labute approximate surface area is 97.2 Å². The van der Waals surface area contributed by atoms with Crippen molar-refractivity contribution < 1.29 is 14.4 Å². The third kappa shape index (κ3) is 2.62. The summed E-state index contributed by atoms with van der Waals surface area (Å²) in [7, 11) is 3.09. The highest BCUT2D eigenvalue weighted by Gasteiger charge is 2.39. The number of hydrogen-bond acceptors (Lipinski definition) is 3. The van der Waals surface area contributed by atoms with Crippen LogP contribution in [-0.4, -0.2) is 36.8 Å². The summed E-state index contributed by atoms with van der Waals surface area (Å²) < 4.78 is 5.85. The third-order valence-corrected chi connectivity index (χ3v) is 3.31. The zero-order valence-corrected chi connectivity index (χ0v) is 10.5. The lowest BCUT2D eigenvalue weighted by molar-refractivity contribution is -0.177. The van der Waals surface area contributed by atoms with Crippen molar-refractivity contribution in [2.24, 2.45) is 5.92 Å². The monoisotopic (exact) mass is 227 g/mol. The van der Waals surface area contributed by atoms with Gasteiger partial charge in [0.25, 0.3) is 5.91 Å². The molecule has 0 N–H and O–H groups in total. The van der Waals surface area contributed by atoms with Crippen LogP contribution >= 0.6 is 0 Å². The van der Waals surface area contributed by atoms with E-state index in [0.717, 1.165) is 12.8 Å². The molecule has 0 aromatic carbocycles. The molecule has 1 aliphatic rings. The number of amides is 1. The van der Waals surface area contributed by atoms with Gasteiger partial charge in [0.2, 0.25) is 0 Å². The number of hydroxylamine groups is 2. The number of carbonyl (C=O) groups excluding carboxylic acids is 1. The van der Waals surface area contributed by atoms with E-state index in [1.54, 1.807) is 7.05 Å². The van der Waals surface area contributed by atoms with Crippen LogP contribution < -0.4 is 0 Å². The summed E-state index contributed by atoms with van der Waals surface area (Å²) in [6.07, 6.45) is 3.56. The van der Waals surface area contributed by atoms with Crippen molar-refractivity contribution >= 4 is 5.91 Å². The van der Waals surface area contributed by atoms with Gasteiger partial charge in [-0.25, -0.2) is 5.06 Å². The van der Waals surface area contributed by atoms with E-state index in [-0.39, 0.29) is 23.5 Å². The van der Waals surface area contributed by atoms with E-state index in [2.05, 4.69) is 6.58 Å². The van der Waals surface area contributed by atoms with Crippen LogP contribution in [0.2, 0.25) is 0 Å². The fourth-order valence-corrected chi connectivity index (χ4v) is 1.93. The predicted molar refractivity (Wildman–Crippen MR) is 61.7 cm³/mol. The number of nitrogens with zero attached hydrogens (tertiary/aromatic N) is 1. The van der Waals surface area contributed by atoms with Crippen molar-refractivity contribution in [1.29, 1.82) is 0 Å². The molecule has 1 saturated heterocycles.